The number of alkyl halides is 2. The van der Waals surface area contributed by atoms with Crippen molar-refractivity contribution in [2.75, 3.05) is 33.8 Å². The van der Waals surface area contributed by atoms with Crippen LogP contribution in [-0.2, 0) is 29.9 Å². The molecule has 4 rings (SSSR count). The van der Waals surface area contributed by atoms with Crippen molar-refractivity contribution < 1.29 is 41.0 Å². The summed E-state index contributed by atoms with van der Waals surface area (Å²) < 4.78 is 66.6. The highest BCUT2D eigenvalue weighted by atomic mass is 32.2. The second-order valence-electron chi connectivity index (χ2n) is 10.0. The molecule has 0 aliphatic carbocycles. The average Bonchev–Trinajstić information content (AvgIpc) is 2.99. The molecular formula is C29H31F2N3O7S. The summed E-state index contributed by atoms with van der Waals surface area (Å²) in [6.07, 6.45) is 1.76. The molecular weight excluding hydrogens is 572 g/mol. The summed E-state index contributed by atoms with van der Waals surface area (Å²) in [6.45, 7) is -4.16. The number of amides is 1. The number of carbonyl (C=O) groups excluding carboxylic acids is 2. The minimum atomic E-state index is -4.07. The number of rotatable bonds is 10. The lowest BCUT2D eigenvalue weighted by molar-refractivity contribution is -0.623. The number of benzene rings is 2. The van der Waals surface area contributed by atoms with Crippen LogP contribution in [0.5, 0.6) is 0 Å². The SMILES string of the molecule is CN(C)C(=O)c1cccc(S(=O)(=O)N2CCC[C@H](C(=O)OCC(OC(F)F)(c3ccccc3)c3cccc[n+]3[O-])C2)c1. The third-order valence-corrected chi connectivity index (χ3v) is 8.89. The van der Waals surface area contributed by atoms with Crippen LogP contribution in [0.15, 0.2) is 83.9 Å². The number of hydrogen-bond acceptors (Lipinski definition) is 7. The van der Waals surface area contributed by atoms with E-state index in [2.05, 4.69) is 0 Å². The van der Waals surface area contributed by atoms with Crippen molar-refractivity contribution in [1.82, 2.24) is 9.21 Å². The second kappa shape index (κ2) is 12.9. The van der Waals surface area contributed by atoms with Crippen molar-refractivity contribution >= 4 is 21.9 Å². The predicted octanol–water partition coefficient (Wildman–Crippen LogP) is 3.15. The Morgan fingerprint density at radius 2 is 1.81 bits per heavy atom. The normalized spacial score (nSPS) is 17.4. The first-order valence-electron chi connectivity index (χ1n) is 13.1. The number of sulfonamides is 1. The lowest BCUT2D eigenvalue weighted by atomic mass is 9.90. The van der Waals surface area contributed by atoms with Crippen LogP contribution in [-0.4, -0.2) is 69.9 Å². The highest BCUT2D eigenvalue weighted by Gasteiger charge is 2.47. The third-order valence-electron chi connectivity index (χ3n) is 7.03. The molecule has 0 radical (unpaired) electrons. The molecule has 13 heteroatoms. The van der Waals surface area contributed by atoms with Crippen molar-refractivity contribution in [3.05, 3.63) is 101 Å². The van der Waals surface area contributed by atoms with E-state index in [4.69, 9.17) is 9.47 Å². The molecule has 3 aromatic rings. The summed E-state index contributed by atoms with van der Waals surface area (Å²) in [7, 11) is -0.969. The van der Waals surface area contributed by atoms with Gasteiger partial charge in [-0.1, -0.05) is 36.4 Å². The van der Waals surface area contributed by atoms with E-state index in [1.165, 1.54) is 59.5 Å². The summed E-state index contributed by atoms with van der Waals surface area (Å²) in [6, 6.07) is 17.6. The number of carbonyl (C=O) groups is 2. The van der Waals surface area contributed by atoms with Gasteiger partial charge in [0, 0.05) is 44.9 Å². The van der Waals surface area contributed by atoms with Crippen molar-refractivity contribution in [2.24, 2.45) is 5.92 Å². The number of halogens is 2. The van der Waals surface area contributed by atoms with E-state index in [1.54, 1.807) is 32.3 Å². The predicted molar refractivity (Wildman–Crippen MR) is 147 cm³/mol. The molecule has 2 heterocycles. The van der Waals surface area contributed by atoms with E-state index in [1.807, 2.05) is 0 Å². The molecule has 10 nitrogen and oxygen atoms in total. The average molecular weight is 604 g/mol. The van der Waals surface area contributed by atoms with Gasteiger partial charge in [-0.15, -0.1) is 0 Å². The standard InChI is InChI=1S/C29H31F2N3O7S/c1-32(2)26(35)21-10-8-14-24(18-21)42(38,39)33-16-9-11-22(19-33)27(36)40-20-29(41-28(30)31,23-12-4-3-5-13-23)25-15-6-7-17-34(25)37/h3-8,10,12-15,17-18,22,28H,9,11,16,19-20H2,1-2H3/t22-,29?/m0/s1. The summed E-state index contributed by atoms with van der Waals surface area (Å²) >= 11 is 0. The Kier molecular flexibility index (Phi) is 9.54. The molecule has 0 saturated carbocycles. The molecule has 0 bridgehead atoms. The fraction of sp³-hybridized carbons (Fsp3) is 0.345. The number of ether oxygens (including phenoxy) is 2. The number of esters is 1. The number of piperidine rings is 1. The van der Waals surface area contributed by atoms with E-state index in [-0.39, 0.29) is 40.7 Å². The fourth-order valence-electron chi connectivity index (χ4n) is 4.91. The third kappa shape index (κ3) is 6.58. The van der Waals surface area contributed by atoms with Gasteiger partial charge >= 0.3 is 12.6 Å². The number of hydrogen-bond donors (Lipinski definition) is 0. The van der Waals surface area contributed by atoms with E-state index in [0.717, 1.165) is 10.5 Å². The molecule has 1 fully saturated rings. The first kappa shape index (κ1) is 31.0. The zero-order chi connectivity index (χ0) is 30.5. The van der Waals surface area contributed by atoms with Crippen molar-refractivity contribution in [2.45, 2.75) is 29.9 Å². The van der Waals surface area contributed by atoms with Crippen LogP contribution in [0.4, 0.5) is 8.78 Å². The Hall–Kier alpha value is -3.94. The molecule has 2 aromatic carbocycles. The molecule has 1 amide bonds. The summed E-state index contributed by atoms with van der Waals surface area (Å²) in [5.74, 6) is -2.09. The molecule has 1 saturated heterocycles. The largest absolute Gasteiger partial charge is 0.618 e. The van der Waals surface area contributed by atoms with Gasteiger partial charge in [0.25, 0.3) is 5.91 Å². The Balaban J connectivity index is 1.58. The molecule has 1 aliphatic heterocycles. The maximum Gasteiger partial charge on any atom is 0.346 e. The van der Waals surface area contributed by atoms with Crippen LogP contribution < -0.4 is 4.73 Å². The highest BCUT2D eigenvalue weighted by Crippen LogP contribution is 2.35. The quantitative estimate of drug-likeness (QED) is 0.198. The Bertz CT molecular complexity index is 1520. The topological polar surface area (TPSA) is 120 Å². The van der Waals surface area contributed by atoms with Gasteiger partial charge < -0.3 is 14.8 Å². The fourth-order valence-corrected chi connectivity index (χ4v) is 6.48. The zero-order valence-corrected chi connectivity index (χ0v) is 23.9. The van der Waals surface area contributed by atoms with E-state index in [9.17, 15) is 32.0 Å². The van der Waals surface area contributed by atoms with Crippen molar-refractivity contribution in [3.63, 3.8) is 0 Å². The molecule has 1 aromatic heterocycles. The van der Waals surface area contributed by atoms with Gasteiger partial charge in [0.15, 0.2) is 6.20 Å². The molecule has 224 valence electrons. The molecule has 1 unspecified atom stereocenters. The molecule has 1 aliphatic rings. The molecule has 0 N–H and O–H groups in total. The zero-order valence-electron chi connectivity index (χ0n) is 23.1. The molecule has 2 atom stereocenters. The van der Waals surface area contributed by atoms with Crippen LogP contribution >= 0.6 is 0 Å². The Morgan fingerprint density at radius 3 is 2.48 bits per heavy atom. The maximum absolute atomic E-state index is 13.8. The van der Waals surface area contributed by atoms with Gasteiger partial charge in [0.2, 0.25) is 21.3 Å². The summed E-state index contributed by atoms with van der Waals surface area (Å²) in [5, 5.41) is 12.7. The Labute approximate surface area is 242 Å². The Morgan fingerprint density at radius 1 is 1.10 bits per heavy atom. The van der Waals surface area contributed by atoms with Crippen molar-refractivity contribution in [3.8, 4) is 0 Å². The minimum absolute atomic E-state index is 0.0956. The number of nitrogens with zero attached hydrogens (tertiary/aromatic N) is 3. The second-order valence-corrected chi connectivity index (χ2v) is 12.0. The van der Waals surface area contributed by atoms with Gasteiger partial charge in [0.05, 0.1) is 10.8 Å². The van der Waals surface area contributed by atoms with Crippen molar-refractivity contribution in [1.29, 1.82) is 0 Å². The first-order valence-corrected chi connectivity index (χ1v) is 14.6. The summed E-state index contributed by atoms with van der Waals surface area (Å²) in [4.78, 5) is 26.9. The van der Waals surface area contributed by atoms with E-state index in [0.29, 0.717) is 17.6 Å². The summed E-state index contributed by atoms with van der Waals surface area (Å²) in [5.41, 5.74) is -2.01. The van der Waals surface area contributed by atoms with E-state index < -0.39 is 40.7 Å². The van der Waals surface area contributed by atoms with Crippen LogP contribution in [0.2, 0.25) is 0 Å². The van der Waals surface area contributed by atoms with Gasteiger partial charge in [-0.05, 0) is 42.7 Å². The van der Waals surface area contributed by atoms with Crippen LogP contribution in [0.3, 0.4) is 0 Å². The van der Waals surface area contributed by atoms with Crippen LogP contribution in [0, 0.1) is 11.1 Å². The van der Waals surface area contributed by atoms with Gasteiger partial charge in [0.1, 0.15) is 6.61 Å². The molecule has 0 spiro atoms. The highest BCUT2D eigenvalue weighted by molar-refractivity contribution is 7.89. The minimum Gasteiger partial charge on any atom is -0.618 e. The van der Waals surface area contributed by atoms with Crippen LogP contribution in [0.25, 0.3) is 0 Å². The van der Waals surface area contributed by atoms with Gasteiger partial charge in [-0.2, -0.15) is 17.8 Å². The monoisotopic (exact) mass is 603 g/mol. The maximum atomic E-state index is 13.8. The number of pyridine rings is 1. The lowest BCUT2D eigenvalue weighted by Crippen LogP contribution is -2.49. The number of aromatic nitrogens is 1. The smallest absolute Gasteiger partial charge is 0.346 e. The molecule has 42 heavy (non-hydrogen) atoms. The van der Waals surface area contributed by atoms with Crippen LogP contribution in [0.1, 0.15) is 34.5 Å². The lowest BCUT2D eigenvalue weighted by Gasteiger charge is -2.33. The van der Waals surface area contributed by atoms with Gasteiger partial charge in [-0.3, -0.25) is 14.3 Å². The van der Waals surface area contributed by atoms with E-state index >= 15 is 0 Å². The first-order chi connectivity index (χ1) is 20.0. The van der Waals surface area contributed by atoms with Gasteiger partial charge in [-0.25, -0.2) is 8.42 Å².